The predicted molar refractivity (Wildman–Crippen MR) is 98.2 cm³/mol. The summed E-state index contributed by atoms with van der Waals surface area (Å²) in [5, 5.41) is 13.4. The number of amides is 2. The maximum Gasteiger partial charge on any atom is 0.274 e. The molecule has 0 saturated carbocycles. The van der Waals surface area contributed by atoms with Crippen LogP contribution in [-0.4, -0.2) is 32.3 Å². The molecule has 3 aromatic rings. The van der Waals surface area contributed by atoms with Gasteiger partial charge < -0.3 is 9.88 Å². The van der Waals surface area contributed by atoms with Crippen molar-refractivity contribution in [3.05, 3.63) is 54.1 Å². The summed E-state index contributed by atoms with van der Waals surface area (Å²) < 4.78 is 15.8. The number of imide groups is 1. The Balaban J connectivity index is 1.51. The predicted octanol–water partition coefficient (Wildman–Crippen LogP) is 2.81. The van der Waals surface area contributed by atoms with Gasteiger partial charge in [0.25, 0.3) is 5.91 Å². The lowest BCUT2D eigenvalue weighted by Gasteiger charge is -2.04. The summed E-state index contributed by atoms with van der Waals surface area (Å²) in [5.74, 6) is -1.26. The molecule has 2 aromatic heterocycles. The Morgan fingerprint density at radius 1 is 1.23 bits per heavy atom. The van der Waals surface area contributed by atoms with Crippen molar-refractivity contribution in [2.24, 2.45) is 7.05 Å². The third-order valence-electron chi connectivity index (χ3n) is 3.28. The summed E-state index contributed by atoms with van der Waals surface area (Å²) in [4.78, 5) is 23.9. The highest BCUT2D eigenvalue weighted by Gasteiger charge is 2.14. The first-order valence-corrected chi connectivity index (χ1v) is 9.26. The number of hydrogen-bond donors (Lipinski definition) is 2. The lowest BCUT2D eigenvalue weighted by molar-refractivity contribution is -0.117. The van der Waals surface area contributed by atoms with Crippen LogP contribution in [0, 0.1) is 5.82 Å². The first-order valence-electron chi connectivity index (χ1n) is 7.46. The number of rotatable bonds is 6. The van der Waals surface area contributed by atoms with Crippen LogP contribution in [0.5, 0.6) is 0 Å². The Bertz CT molecular complexity index is 940. The van der Waals surface area contributed by atoms with E-state index in [1.54, 1.807) is 48.1 Å². The van der Waals surface area contributed by atoms with Crippen molar-refractivity contribution in [1.82, 2.24) is 20.1 Å². The Hall–Kier alpha value is -2.72. The third-order valence-corrected chi connectivity index (χ3v) is 5.25. The number of nitrogens with one attached hydrogen (secondary N) is 2. The zero-order valence-electron chi connectivity index (χ0n) is 13.6. The van der Waals surface area contributed by atoms with Crippen LogP contribution in [0.1, 0.15) is 10.5 Å². The number of aryl methyl sites for hydroxylation is 1. The van der Waals surface area contributed by atoms with E-state index in [0.29, 0.717) is 20.9 Å². The number of halogens is 1. The molecule has 2 N–H and O–H groups in total. The van der Waals surface area contributed by atoms with E-state index in [4.69, 9.17) is 0 Å². The van der Waals surface area contributed by atoms with Crippen LogP contribution in [0.25, 0.3) is 0 Å². The van der Waals surface area contributed by atoms with Gasteiger partial charge in [-0.05, 0) is 24.3 Å². The Kier molecular flexibility index (Phi) is 5.64. The second-order valence-electron chi connectivity index (χ2n) is 5.15. The van der Waals surface area contributed by atoms with E-state index in [-0.39, 0.29) is 5.75 Å². The van der Waals surface area contributed by atoms with Gasteiger partial charge >= 0.3 is 0 Å². The van der Waals surface area contributed by atoms with Crippen molar-refractivity contribution < 1.29 is 14.0 Å². The topological polar surface area (TPSA) is 88.9 Å². The number of carbonyl (C=O) groups excluding carboxylic acids is 2. The quantitative estimate of drug-likeness (QED) is 0.628. The molecule has 134 valence electrons. The van der Waals surface area contributed by atoms with Gasteiger partial charge in [0.15, 0.2) is 4.34 Å². The normalized spacial score (nSPS) is 10.5. The van der Waals surface area contributed by atoms with Crippen LogP contribution < -0.4 is 10.6 Å². The van der Waals surface area contributed by atoms with Crippen molar-refractivity contribution in [3.8, 4) is 0 Å². The van der Waals surface area contributed by atoms with E-state index in [1.807, 2.05) is 0 Å². The molecule has 0 unspecified atom stereocenters. The van der Waals surface area contributed by atoms with Gasteiger partial charge in [0.1, 0.15) is 11.5 Å². The van der Waals surface area contributed by atoms with Crippen molar-refractivity contribution in [2.75, 3.05) is 11.1 Å². The molecule has 0 fully saturated rings. The van der Waals surface area contributed by atoms with Gasteiger partial charge in [0, 0.05) is 13.2 Å². The van der Waals surface area contributed by atoms with Crippen LogP contribution in [0.3, 0.4) is 0 Å². The Morgan fingerprint density at radius 3 is 2.77 bits per heavy atom. The highest BCUT2D eigenvalue weighted by atomic mass is 32.2. The zero-order chi connectivity index (χ0) is 18.5. The van der Waals surface area contributed by atoms with Gasteiger partial charge in [0.2, 0.25) is 11.0 Å². The van der Waals surface area contributed by atoms with Crippen molar-refractivity contribution in [2.45, 2.75) is 4.34 Å². The number of carbonyl (C=O) groups is 2. The lowest BCUT2D eigenvalue weighted by Crippen LogP contribution is -2.32. The van der Waals surface area contributed by atoms with Crippen LogP contribution in [-0.2, 0) is 11.8 Å². The van der Waals surface area contributed by atoms with E-state index in [1.165, 1.54) is 17.4 Å². The number of thioether (sulfide) groups is 1. The van der Waals surface area contributed by atoms with E-state index >= 15 is 0 Å². The highest BCUT2D eigenvalue weighted by molar-refractivity contribution is 8.01. The molecule has 2 amide bonds. The van der Waals surface area contributed by atoms with Crippen molar-refractivity contribution in [1.29, 1.82) is 0 Å². The monoisotopic (exact) mass is 391 g/mol. The molecular weight excluding hydrogens is 377 g/mol. The summed E-state index contributed by atoms with van der Waals surface area (Å²) >= 11 is 2.34. The maximum atomic E-state index is 13.6. The van der Waals surface area contributed by atoms with Gasteiger partial charge in [-0.25, -0.2) is 4.39 Å². The first kappa shape index (κ1) is 18.1. The molecule has 0 aliphatic carbocycles. The van der Waals surface area contributed by atoms with Crippen LogP contribution in [0.15, 0.2) is 46.9 Å². The van der Waals surface area contributed by atoms with E-state index < -0.39 is 17.6 Å². The summed E-state index contributed by atoms with van der Waals surface area (Å²) in [5.41, 5.74) is 0.696. The number of benzene rings is 1. The fourth-order valence-electron chi connectivity index (χ4n) is 2.05. The Labute approximate surface area is 156 Å². The molecule has 0 bridgehead atoms. The number of aromatic nitrogens is 3. The molecule has 26 heavy (non-hydrogen) atoms. The molecule has 2 heterocycles. The minimum absolute atomic E-state index is 0.0183. The van der Waals surface area contributed by atoms with Gasteiger partial charge in [0.05, 0.1) is 11.4 Å². The second kappa shape index (κ2) is 8.11. The van der Waals surface area contributed by atoms with Gasteiger partial charge in [-0.15, -0.1) is 10.2 Å². The van der Waals surface area contributed by atoms with E-state index in [0.717, 1.165) is 11.8 Å². The molecule has 10 heteroatoms. The smallest absolute Gasteiger partial charge is 0.274 e. The third kappa shape index (κ3) is 4.46. The largest absolute Gasteiger partial charge is 0.347 e. The Morgan fingerprint density at radius 2 is 2.04 bits per heavy atom. The number of para-hydroxylation sites is 1. The fraction of sp³-hybridized carbons (Fsp3) is 0.125. The van der Waals surface area contributed by atoms with Crippen molar-refractivity contribution in [3.63, 3.8) is 0 Å². The SMILES string of the molecule is Cn1cccc1C(=O)NC(=O)CSc1nnc(Nc2ccccc2F)s1. The summed E-state index contributed by atoms with van der Waals surface area (Å²) in [7, 11) is 1.72. The molecule has 0 aliphatic heterocycles. The highest BCUT2D eigenvalue weighted by Crippen LogP contribution is 2.28. The second-order valence-corrected chi connectivity index (χ2v) is 7.35. The molecular formula is C16H14FN5O2S2. The number of nitrogens with zero attached hydrogens (tertiary/aromatic N) is 3. The molecule has 0 atom stereocenters. The fourth-order valence-corrected chi connectivity index (χ4v) is 3.61. The molecule has 7 nitrogen and oxygen atoms in total. The van der Waals surface area contributed by atoms with Gasteiger partial charge in [-0.1, -0.05) is 35.2 Å². The molecule has 1 aromatic carbocycles. The standard InChI is InChI=1S/C16H14FN5O2S2/c1-22-8-4-7-12(22)14(24)19-13(23)9-25-16-21-20-15(26-16)18-11-6-3-2-5-10(11)17/h2-8H,9H2,1H3,(H,18,20)(H,19,23,24). The molecule has 3 rings (SSSR count). The number of hydrogen-bond acceptors (Lipinski definition) is 7. The van der Waals surface area contributed by atoms with E-state index in [2.05, 4.69) is 20.8 Å². The van der Waals surface area contributed by atoms with Crippen LogP contribution in [0.4, 0.5) is 15.2 Å². The van der Waals surface area contributed by atoms with Gasteiger partial charge in [-0.3, -0.25) is 14.9 Å². The summed E-state index contributed by atoms with van der Waals surface area (Å²) in [6.07, 6.45) is 1.72. The summed E-state index contributed by atoms with van der Waals surface area (Å²) in [6, 6.07) is 9.58. The molecule has 0 aliphatic rings. The lowest BCUT2D eigenvalue weighted by atomic mass is 10.3. The minimum Gasteiger partial charge on any atom is -0.347 e. The maximum absolute atomic E-state index is 13.6. The van der Waals surface area contributed by atoms with Crippen LogP contribution in [0.2, 0.25) is 0 Å². The van der Waals surface area contributed by atoms with Crippen molar-refractivity contribution >= 4 is 45.7 Å². The average Bonchev–Trinajstić information content (AvgIpc) is 3.24. The first-order chi connectivity index (χ1) is 12.5. The molecule has 0 radical (unpaired) electrons. The van der Waals surface area contributed by atoms with E-state index in [9.17, 15) is 14.0 Å². The zero-order valence-corrected chi connectivity index (χ0v) is 15.2. The van der Waals surface area contributed by atoms with Gasteiger partial charge in [-0.2, -0.15) is 0 Å². The number of anilines is 2. The average molecular weight is 391 g/mol. The van der Waals surface area contributed by atoms with Crippen LogP contribution >= 0.6 is 23.1 Å². The summed E-state index contributed by atoms with van der Waals surface area (Å²) in [6.45, 7) is 0. The minimum atomic E-state index is -0.456. The molecule has 0 spiro atoms. The molecule has 0 saturated heterocycles.